The Morgan fingerprint density at radius 1 is 1.40 bits per heavy atom. The zero-order valence-electron chi connectivity index (χ0n) is 11.0. The number of primary amides is 1. The number of nitrogens with two attached hydrogens (primary N) is 1. The van der Waals surface area contributed by atoms with Gasteiger partial charge in [0.1, 0.15) is 17.3 Å². The van der Waals surface area contributed by atoms with E-state index in [9.17, 15) is 4.79 Å². The van der Waals surface area contributed by atoms with Gasteiger partial charge < -0.3 is 20.2 Å². The molecule has 2 aromatic rings. The normalized spacial score (nSPS) is 10.5. The second-order valence-corrected chi connectivity index (χ2v) is 4.59. The number of carbonyl (C=O) groups excluding carboxylic acids is 1. The summed E-state index contributed by atoms with van der Waals surface area (Å²) in [7, 11) is 1.57. The first-order valence-corrected chi connectivity index (χ1v) is 6.39. The van der Waals surface area contributed by atoms with E-state index >= 15 is 0 Å². The Morgan fingerprint density at radius 3 is 2.85 bits per heavy atom. The number of hydrogen-bond donors (Lipinski definition) is 2. The highest BCUT2D eigenvalue weighted by molar-refractivity contribution is 6.32. The predicted molar refractivity (Wildman–Crippen MR) is 76.6 cm³/mol. The number of benzene rings is 1. The third-order valence-corrected chi connectivity index (χ3v) is 2.99. The number of rotatable bonds is 6. The van der Waals surface area contributed by atoms with Gasteiger partial charge in [-0.15, -0.1) is 0 Å². The minimum absolute atomic E-state index is 0.115. The molecule has 0 aliphatic heterocycles. The monoisotopic (exact) mass is 294 g/mol. The first kappa shape index (κ1) is 14.4. The van der Waals surface area contributed by atoms with Crippen LogP contribution in [-0.4, -0.2) is 19.6 Å². The Kier molecular flexibility index (Phi) is 4.65. The van der Waals surface area contributed by atoms with Crippen molar-refractivity contribution in [2.45, 2.75) is 6.54 Å². The van der Waals surface area contributed by atoms with Gasteiger partial charge in [-0.05, 0) is 30.3 Å². The van der Waals surface area contributed by atoms with Crippen molar-refractivity contribution in [3.05, 3.63) is 41.1 Å². The molecule has 0 unspecified atom stereocenters. The molecule has 0 aliphatic rings. The van der Waals surface area contributed by atoms with Crippen molar-refractivity contribution in [1.82, 2.24) is 5.32 Å². The molecule has 3 N–H and O–H groups in total. The molecule has 0 radical (unpaired) electrons. The molecule has 1 aromatic carbocycles. The Hall–Kier alpha value is -1.98. The van der Waals surface area contributed by atoms with Crippen LogP contribution in [0.3, 0.4) is 0 Å². The molecule has 1 aromatic heterocycles. The summed E-state index contributed by atoms with van der Waals surface area (Å²) in [6, 6.07) is 9.11. The molecular formula is C14H15ClN2O3. The fourth-order valence-corrected chi connectivity index (χ4v) is 2.01. The number of methoxy groups -OCH3 is 1. The van der Waals surface area contributed by atoms with Gasteiger partial charge in [-0.3, -0.25) is 4.79 Å². The van der Waals surface area contributed by atoms with Crippen LogP contribution >= 0.6 is 11.6 Å². The van der Waals surface area contributed by atoms with E-state index in [4.69, 9.17) is 26.5 Å². The van der Waals surface area contributed by atoms with E-state index in [0.29, 0.717) is 28.8 Å². The Morgan fingerprint density at radius 2 is 2.20 bits per heavy atom. The van der Waals surface area contributed by atoms with Crippen molar-refractivity contribution in [3.63, 3.8) is 0 Å². The molecule has 106 valence electrons. The number of halogens is 1. The molecule has 6 heteroatoms. The van der Waals surface area contributed by atoms with Crippen LogP contribution in [0.25, 0.3) is 11.3 Å². The summed E-state index contributed by atoms with van der Waals surface area (Å²) in [5.41, 5.74) is 5.90. The maximum atomic E-state index is 10.6. The first-order valence-electron chi connectivity index (χ1n) is 6.02. The van der Waals surface area contributed by atoms with Crippen LogP contribution in [0.5, 0.6) is 5.75 Å². The zero-order valence-corrected chi connectivity index (χ0v) is 11.7. The third kappa shape index (κ3) is 3.53. The highest BCUT2D eigenvalue weighted by atomic mass is 35.5. The van der Waals surface area contributed by atoms with Crippen LogP contribution in [-0.2, 0) is 11.3 Å². The molecule has 1 heterocycles. The second kappa shape index (κ2) is 6.45. The van der Waals surface area contributed by atoms with Gasteiger partial charge in [0, 0.05) is 5.56 Å². The van der Waals surface area contributed by atoms with Crippen molar-refractivity contribution in [2.75, 3.05) is 13.7 Å². The number of nitrogens with one attached hydrogen (secondary N) is 1. The summed E-state index contributed by atoms with van der Waals surface area (Å²) in [5, 5.41) is 3.40. The molecule has 0 bridgehead atoms. The molecule has 0 spiro atoms. The first-order chi connectivity index (χ1) is 9.60. The Balaban J connectivity index is 2.08. The van der Waals surface area contributed by atoms with E-state index in [0.717, 1.165) is 5.56 Å². The van der Waals surface area contributed by atoms with Crippen molar-refractivity contribution < 1.29 is 13.9 Å². The lowest BCUT2D eigenvalue weighted by Gasteiger charge is -2.04. The highest BCUT2D eigenvalue weighted by Gasteiger charge is 2.08. The lowest BCUT2D eigenvalue weighted by molar-refractivity contribution is -0.117. The van der Waals surface area contributed by atoms with Crippen LogP contribution in [0.1, 0.15) is 5.76 Å². The number of ether oxygens (including phenoxy) is 1. The van der Waals surface area contributed by atoms with E-state index < -0.39 is 5.91 Å². The summed E-state index contributed by atoms with van der Waals surface area (Å²) in [6.07, 6.45) is 0. The van der Waals surface area contributed by atoms with Crippen LogP contribution in [0, 0.1) is 0 Å². The van der Waals surface area contributed by atoms with Crippen LogP contribution in [0.2, 0.25) is 5.02 Å². The van der Waals surface area contributed by atoms with Gasteiger partial charge >= 0.3 is 0 Å². The number of amides is 1. The zero-order chi connectivity index (χ0) is 14.5. The maximum Gasteiger partial charge on any atom is 0.231 e. The summed E-state index contributed by atoms with van der Waals surface area (Å²) < 4.78 is 10.8. The van der Waals surface area contributed by atoms with E-state index in [1.807, 2.05) is 18.2 Å². The van der Waals surface area contributed by atoms with Crippen molar-refractivity contribution in [1.29, 1.82) is 0 Å². The van der Waals surface area contributed by atoms with E-state index in [2.05, 4.69) is 5.32 Å². The smallest absolute Gasteiger partial charge is 0.231 e. The predicted octanol–water partition coefficient (Wildman–Crippen LogP) is 2.18. The van der Waals surface area contributed by atoms with Gasteiger partial charge in [0.15, 0.2) is 0 Å². The van der Waals surface area contributed by atoms with Gasteiger partial charge in [-0.25, -0.2) is 0 Å². The average Bonchev–Trinajstić information content (AvgIpc) is 2.87. The highest BCUT2D eigenvalue weighted by Crippen LogP contribution is 2.30. The third-order valence-electron chi connectivity index (χ3n) is 2.70. The van der Waals surface area contributed by atoms with Gasteiger partial charge in [-0.2, -0.15) is 0 Å². The molecule has 2 rings (SSSR count). The summed E-state index contributed by atoms with van der Waals surface area (Å²) in [4.78, 5) is 10.6. The molecule has 5 nitrogen and oxygen atoms in total. The van der Waals surface area contributed by atoms with Crippen molar-refractivity contribution in [2.24, 2.45) is 5.73 Å². The molecule has 0 saturated carbocycles. The Bertz CT molecular complexity index is 610. The fourth-order valence-electron chi connectivity index (χ4n) is 1.76. The maximum absolute atomic E-state index is 10.6. The minimum Gasteiger partial charge on any atom is -0.495 e. The molecule has 0 fully saturated rings. The fraction of sp³-hybridized carbons (Fsp3) is 0.214. The minimum atomic E-state index is -0.404. The topological polar surface area (TPSA) is 77.5 Å². The molecule has 20 heavy (non-hydrogen) atoms. The largest absolute Gasteiger partial charge is 0.495 e. The summed E-state index contributed by atoms with van der Waals surface area (Å²) in [5.74, 6) is 1.63. The molecular weight excluding hydrogens is 280 g/mol. The van der Waals surface area contributed by atoms with Crippen molar-refractivity contribution >= 4 is 17.5 Å². The molecule has 1 amide bonds. The van der Waals surface area contributed by atoms with Gasteiger partial charge in [0.2, 0.25) is 5.91 Å². The van der Waals surface area contributed by atoms with E-state index in [-0.39, 0.29) is 6.54 Å². The van der Waals surface area contributed by atoms with Gasteiger partial charge in [0.05, 0.1) is 25.2 Å². The lowest BCUT2D eigenvalue weighted by atomic mass is 10.2. The lowest BCUT2D eigenvalue weighted by Crippen LogP contribution is -2.27. The summed E-state index contributed by atoms with van der Waals surface area (Å²) >= 11 is 6.07. The SMILES string of the molecule is COc1ccc(-c2ccc(CNCC(N)=O)o2)cc1Cl. The van der Waals surface area contributed by atoms with Gasteiger partial charge in [-0.1, -0.05) is 11.6 Å². The Labute approximate surface area is 121 Å². The standard InChI is InChI=1S/C14H15ClN2O3/c1-19-13-4-2-9(6-11(13)15)12-5-3-10(20-12)7-17-8-14(16)18/h2-6,17H,7-8H2,1H3,(H2,16,18). The number of hydrogen-bond acceptors (Lipinski definition) is 4. The number of furan rings is 1. The molecule has 0 atom stereocenters. The van der Waals surface area contributed by atoms with E-state index in [1.165, 1.54) is 0 Å². The van der Waals surface area contributed by atoms with Crippen LogP contribution in [0.15, 0.2) is 34.7 Å². The molecule has 0 aliphatic carbocycles. The second-order valence-electron chi connectivity index (χ2n) is 4.19. The van der Waals surface area contributed by atoms with Gasteiger partial charge in [0.25, 0.3) is 0 Å². The van der Waals surface area contributed by atoms with Crippen LogP contribution in [0.4, 0.5) is 0 Å². The molecule has 0 saturated heterocycles. The quantitative estimate of drug-likeness (QED) is 0.856. The van der Waals surface area contributed by atoms with Crippen LogP contribution < -0.4 is 15.8 Å². The van der Waals surface area contributed by atoms with Crippen molar-refractivity contribution in [3.8, 4) is 17.1 Å². The number of carbonyl (C=O) groups is 1. The summed E-state index contributed by atoms with van der Waals surface area (Å²) in [6.45, 7) is 0.553. The van der Waals surface area contributed by atoms with E-state index in [1.54, 1.807) is 19.2 Å². The average molecular weight is 295 g/mol.